The maximum Gasteiger partial charge on any atom is 0.0866 e. The van der Waals surface area contributed by atoms with Crippen LogP contribution >= 0.6 is 0 Å². The van der Waals surface area contributed by atoms with Crippen LogP contribution in [0.5, 0.6) is 0 Å². The van der Waals surface area contributed by atoms with Crippen molar-refractivity contribution in [1.82, 2.24) is 4.90 Å². The molecule has 1 fully saturated rings. The molecule has 12 heavy (non-hydrogen) atoms. The highest BCUT2D eigenvalue weighted by Crippen LogP contribution is 2.13. The van der Waals surface area contributed by atoms with Gasteiger partial charge >= 0.3 is 0 Å². The van der Waals surface area contributed by atoms with Crippen LogP contribution < -0.4 is 0 Å². The highest BCUT2D eigenvalue weighted by atomic mass is 16.5. The van der Waals surface area contributed by atoms with Crippen LogP contribution in [0.2, 0.25) is 0 Å². The molecule has 1 aliphatic heterocycles. The third-order valence-corrected chi connectivity index (χ3v) is 1.99. The fourth-order valence-electron chi connectivity index (χ4n) is 1.54. The van der Waals surface area contributed by atoms with E-state index in [0.29, 0.717) is 18.8 Å². The van der Waals surface area contributed by atoms with Crippen LogP contribution in [0, 0.1) is 11.3 Å². The molecule has 1 heterocycles. The Hall–Kier alpha value is -0.590. The van der Waals surface area contributed by atoms with E-state index in [1.54, 1.807) is 0 Å². The van der Waals surface area contributed by atoms with Crippen molar-refractivity contribution >= 4 is 0 Å². The van der Waals surface area contributed by atoms with Crippen LogP contribution in [0.4, 0.5) is 0 Å². The third kappa shape index (κ3) is 2.80. The van der Waals surface area contributed by atoms with Gasteiger partial charge in [0.15, 0.2) is 0 Å². The molecule has 0 N–H and O–H groups in total. The van der Waals surface area contributed by atoms with E-state index >= 15 is 0 Å². The molecule has 0 spiro atoms. The Labute approximate surface area is 73.9 Å². The molecule has 0 aliphatic carbocycles. The van der Waals surface area contributed by atoms with Gasteiger partial charge in [0.25, 0.3) is 0 Å². The molecule has 1 atom stereocenters. The molecule has 1 unspecified atom stereocenters. The van der Waals surface area contributed by atoms with Gasteiger partial charge in [0.05, 0.1) is 24.8 Å². The fourth-order valence-corrected chi connectivity index (χ4v) is 1.54. The largest absolute Gasteiger partial charge is 0.374 e. The standard InChI is InChI=1S/C9H16N2O/c1-8(2)12-9-3-5-11(7-9)6-4-10/h8-9H,3,5-7H2,1-2H3. The summed E-state index contributed by atoms with van der Waals surface area (Å²) in [5, 5.41) is 8.46. The fraction of sp³-hybridized carbons (Fsp3) is 0.889. The van der Waals surface area contributed by atoms with Gasteiger partial charge < -0.3 is 4.74 Å². The second kappa shape index (κ2) is 4.44. The number of hydrogen-bond donors (Lipinski definition) is 0. The lowest BCUT2D eigenvalue weighted by molar-refractivity contribution is 0.0147. The van der Waals surface area contributed by atoms with Crippen molar-refractivity contribution in [2.75, 3.05) is 19.6 Å². The number of nitrogens with zero attached hydrogens (tertiary/aromatic N) is 2. The maximum absolute atomic E-state index is 8.46. The molecule has 0 aromatic carbocycles. The number of likely N-dealkylation sites (tertiary alicyclic amines) is 1. The Bertz CT molecular complexity index is 174. The number of hydrogen-bond acceptors (Lipinski definition) is 3. The number of ether oxygens (including phenoxy) is 1. The lowest BCUT2D eigenvalue weighted by Gasteiger charge is -2.15. The van der Waals surface area contributed by atoms with Crippen molar-refractivity contribution in [2.45, 2.75) is 32.5 Å². The monoisotopic (exact) mass is 168 g/mol. The number of rotatable bonds is 3. The average molecular weight is 168 g/mol. The number of nitriles is 1. The quantitative estimate of drug-likeness (QED) is 0.590. The molecule has 0 radical (unpaired) electrons. The third-order valence-electron chi connectivity index (χ3n) is 1.99. The van der Waals surface area contributed by atoms with E-state index in [0.717, 1.165) is 19.5 Å². The van der Waals surface area contributed by atoms with Crippen molar-refractivity contribution in [3.05, 3.63) is 0 Å². The molecule has 0 saturated carbocycles. The van der Waals surface area contributed by atoms with Gasteiger partial charge in [-0.2, -0.15) is 5.26 Å². The zero-order valence-electron chi connectivity index (χ0n) is 7.79. The van der Waals surface area contributed by atoms with Crippen LogP contribution in [0.1, 0.15) is 20.3 Å². The van der Waals surface area contributed by atoms with E-state index in [2.05, 4.69) is 11.0 Å². The van der Waals surface area contributed by atoms with Crippen LogP contribution in [-0.4, -0.2) is 36.7 Å². The van der Waals surface area contributed by atoms with Gasteiger partial charge in [0, 0.05) is 13.1 Å². The Kier molecular flexibility index (Phi) is 3.51. The van der Waals surface area contributed by atoms with Crippen molar-refractivity contribution < 1.29 is 4.74 Å². The van der Waals surface area contributed by atoms with Gasteiger partial charge in [-0.3, -0.25) is 4.90 Å². The first-order valence-electron chi connectivity index (χ1n) is 4.47. The van der Waals surface area contributed by atoms with E-state index in [1.807, 2.05) is 13.8 Å². The lowest BCUT2D eigenvalue weighted by atomic mass is 10.3. The summed E-state index contributed by atoms with van der Waals surface area (Å²) in [6.45, 7) is 6.56. The van der Waals surface area contributed by atoms with E-state index < -0.39 is 0 Å². The minimum Gasteiger partial charge on any atom is -0.374 e. The Morgan fingerprint density at radius 1 is 1.67 bits per heavy atom. The average Bonchev–Trinajstić information content (AvgIpc) is 2.36. The zero-order chi connectivity index (χ0) is 8.97. The van der Waals surface area contributed by atoms with Crippen molar-refractivity contribution in [2.24, 2.45) is 0 Å². The minimum atomic E-state index is 0.303. The van der Waals surface area contributed by atoms with Crippen LogP contribution in [0.3, 0.4) is 0 Å². The summed E-state index contributed by atoms with van der Waals surface area (Å²) in [5.74, 6) is 0. The van der Waals surface area contributed by atoms with E-state index in [1.165, 1.54) is 0 Å². The summed E-state index contributed by atoms with van der Waals surface area (Å²) in [6, 6.07) is 2.15. The highest BCUT2D eigenvalue weighted by Gasteiger charge is 2.22. The molecule has 0 amide bonds. The summed E-state index contributed by atoms with van der Waals surface area (Å²) in [7, 11) is 0. The molecule has 0 aromatic heterocycles. The first-order chi connectivity index (χ1) is 5.72. The predicted octanol–water partition coefficient (Wildman–Crippen LogP) is 1.01. The Morgan fingerprint density at radius 2 is 2.42 bits per heavy atom. The molecule has 0 bridgehead atoms. The van der Waals surface area contributed by atoms with Crippen molar-refractivity contribution in [3.63, 3.8) is 0 Å². The molecule has 1 rings (SSSR count). The lowest BCUT2D eigenvalue weighted by Crippen LogP contribution is -2.25. The molecular weight excluding hydrogens is 152 g/mol. The van der Waals surface area contributed by atoms with Gasteiger partial charge in [-0.15, -0.1) is 0 Å². The summed E-state index contributed by atoms with van der Waals surface area (Å²) in [6.07, 6.45) is 1.72. The van der Waals surface area contributed by atoms with Crippen molar-refractivity contribution in [3.8, 4) is 6.07 Å². The molecule has 0 aromatic rings. The highest BCUT2D eigenvalue weighted by molar-refractivity contribution is 4.83. The van der Waals surface area contributed by atoms with Gasteiger partial charge in [0.2, 0.25) is 0 Å². The summed E-state index contributed by atoms with van der Waals surface area (Å²) < 4.78 is 5.64. The summed E-state index contributed by atoms with van der Waals surface area (Å²) in [5.41, 5.74) is 0. The molecule has 3 heteroatoms. The van der Waals surface area contributed by atoms with Crippen LogP contribution in [0.25, 0.3) is 0 Å². The van der Waals surface area contributed by atoms with E-state index in [-0.39, 0.29) is 0 Å². The molecular formula is C9H16N2O. The van der Waals surface area contributed by atoms with Crippen LogP contribution in [-0.2, 0) is 4.74 Å². The smallest absolute Gasteiger partial charge is 0.0866 e. The molecule has 1 aliphatic rings. The normalized spacial score (nSPS) is 24.7. The van der Waals surface area contributed by atoms with Gasteiger partial charge in [-0.25, -0.2) is 0 Å². The van der Waals surface area contributed by atoms with Gasteiger partial charge in [-0.1, -0.05) is 0 Å². The minimum absolute atomic E-state index is 0.303. The van der Waals surface area contributed by atoms with E-state index in [9.17, 15) is 0 Å². The second-order valence-electron chi connectivity index (χ2n) is 3.49. The molecule has 1 saturated heterocycles. The summed E-state index contributed by atoms with van der Waals surface area (Å²) >= 11 is 0. The zero-order valence-corrected chi connectivity index (χ0v) is 7.79. The summed E-state index contributed by atoms with van der Waals surface area (Å²) in [4.78, 5) is 2.13. The first-order valence-corrected chi connectivity index (χ1v) is 4.47. The van der Waals surface area contributed by atoms with Gasteiger partial charge in [0.1, 0.15) is 0 Å². The second-order valence-corrected chi connectivity index (χ2v) is 3.49. The first kappa shape index (κ1) is 9.50. The molecule has 68 valence electrons. The van der Waals surface area contributed by atoms with Gasteiger partial charge in [-0.05, 0) is 20.3 Å². The topological polar surface area (TPSA) is 36.3 Å². The van der Waals surface area contributed by atoms with Crippen molar-refractivity contribution in [1.29, 1.82) is 5.26 Å². The Balaban J connectivity index is 2.22. The SMILES string of the molecule is CC(C)OC1CCN(CC#N)C1. The maximum atomic E-state index is 8.46. The Morgan fingerprint density at radius 3 is 3.00 bits per heavy atom. The van der Waals surface area contributed by atoms with E-state index in [4.69, 9.17) is 10.00 Å². The van der Waals surface area contributed by atoms with Crippen LogP contribution in [0.15, 0.2) is 0 Å². The predicted molar refractivity (Wildman–Crippen MR) is 46.7 cm³/mol. The molecule has 3 nitrogen and oxygen atoms in total.